The van der Waals surface area contributed by atoms with Gasteiger partial charge in [0.25, 0.3) is 0 Å². The maximum absolute atomic E-state index is 4.57. The van der Waals surface area contributed by atoms with E-state index in [-0.39, 0.29) is 0 Å². The number of fused-ring (bicyclic) bond motifs is 1. The van der Waals surface area contributed by atoms with Crippen LogP contribution in [-0.4, -0.2) is 27.0 Å². The molecule has 5 heteroatoms. The van der Waals surface area contributed by atoms with Gasteiger partial charge in [-0.3, -0.25) is 4.98 Å². The van der Waals surface area contributed by atoms with Gasteiger partial charge in [-0.05, 0) is 31.7 Å². The lowest BCUT2D eigenvalue weighted by Crippen LogP contribution is -2.05. The lowest BCUT2D eigenvalue weighted by atomic mass is 10.1. The number of aromatic nitrogens is 4. The Morgan fingerprint density at radius 1 is 1.26 bits per heavy atom. The molecule has 0 aliphatic carbocycles. The van der Waals surface area contributed by atoms with E-state index in [1.807, 2.05) is 38.4 Å². The topological polar surface area (TPSA) is 66.5 Å². The maximum Gasteiger partial charge on any atom is 0.142 e. The van der Waals surface area contributed by atoms with E-state index >= 15 is 0 Å². The molecule has 0 aliphatic rings. The molecule has 0 bridgehead atoms. The third-order valence-electron chi connectivity index (χ3n) is 3.00. The van der Waals surface area contributed by atoms with Gasteiger partial charge in [-0.1, -0.05) is 6.07 Å². The van der Waals surface area contributed by atoms with E-state index in [1.165, 1.54) is 0 Å². The van der Waals surface area contributed by atoms with Crippen molar-refractivity contribution < 1.29 is 0 Å². The van der Waals surface area contributed by atoms with Crippen molar-refractivity contribution in [3.8, 4) is 11.4 Å². The van der Waals surface area contributed by atoms with Gasteiger partial charge in [-0.2, -0.15) is 0 Å². The quantitative estimate of drug-likeness (QED) is 0.749. The lowest BCUT2D eigenvalue weighted by Gasteiger charge is -2.05. The molecule has 0 amide bonds. The Bertz CT molecular complexity index is 702. The molecule has 0 unspecified atom stereocenters. The van der Waals surface area contributed by atoms with Gasteiger partial charge in [-0.15, -0.1) is 0 Å². The van der Waals surface area contributed by atoms with Crippen molar-refractivity contribution >= 4 is 11.0 Å². The summed E-state index contributed by atoms with van der Waals surface area (Å²) in [5, 5.41) is 4.20. The van der Waals surface area contributed by atoms with Gasteiger partial charge in [0, 0.05) is 18.9 Å². The van der Waals surface area contributed by atoms with Gasteiger partial charge >= 0.3 is 0 Å². The molecule has 0 saturated heterocycles. The average molecular weight is 253 g/mol. The zero-order valence-electron chi connectivity index (χ0n) is 10.9. The molecular formula is C14H15N5. The summed E-state index contributed by atoms with van der Waals surface area (Å²) in [6, 6.07) is 5.84. The van der Waals surface area contributed by atoms with Crippen LogP contribution in [0.25, 0.3) is 22.4 Å². The molecule has 5 nitrogen and oxygen atoms in total. The number of hydrogen-bond acceptors (Lipinski definition) is 4. The molecule has 19 heavy (non-hydrogen) atoms. The second-order valence-electron chi connectivity index (χ2n) is 4.40. The fourth-order valence-electron chi connectivity index (χ4n) is 2.23. The molecule has 0 aromatic carbocycles. The number of H-pyrrole nitrogens is 1. The van der Waals surface area contributed by atoms with Crippen LogP contribution < -0.4 is 5.32 Å². The van der Waals surface area contributed by atoms with E-state index in [4.69, 9.17) is 0 Å². The van der Waals surface area contributed by atoms with Gasteiger partial charge in [-0.25, -0.2) is 9.97 Å². The largest absolute Gasteiger partial charge is 0.346 e. The number of rotatable bonds is 3. The molecule has 3 aromatic rings. The summed E-state index contributed by atoms with van der Waals surface area (Å²) in [6.45, 7) is 2.66. The van der Waals surface area contributed by atoms with E-state index in [2.05, 4.69) is 25.3 Å². The van der Waals surface area contributed by atoms with Crippen molar-refractivity contribution in [3.63, 3.8) is 0 Å². The molecule has 2 N–H and O–H groups in total. The van der Waals surface area contributed by atoms with E-state index in [9.17, 15) is 0 Å². The van der Waals surface area contributed by atoms with E-state index < -0.39 is 0 Å². The van der Waals surface area contributed by atoms with Crippen LogP contribution in [0.2, 0.25) is 0 Å². The first kappa shape index (κ1) is 11.8. The summed E-state index contributed by atoms with van der Waals surface area (Å²) >= 11 is 0. The minimum absolute atomic E-state index is 0.742. The molecule has 0 radical (unpaired) electrons. The Labute approximate surface area is 111 Å². The summed E-state index contributed by atoms with van der Waals surface area (Å²) in [6.07, 6.45) is 3.75. The SMILES string of the molecule is CNCc1c[nH]c2nc(C)nc(-c3ccccn3)c12. The molecule has 0 atom stereocenters. The van der Waals surface area contributed by atoms with Gasteiger partial charge in [0.05, 0.1) is 11.1 Å². The standard InChI is InChI=1S/C14H15N5/c1-9-18-13(11-5-3-4-6-16-11)12-10(7-15-2)8-17-14(12)19-9/h3-6,8,15H,7H2,1-2H3,(H,17,18,19). The smallest absolute Gasteiger partial charge is 0.142 e. The van der Waals surface area contributed by atoms with Crippen molar-refractivity contribution in [1.82, 2.24) is 25.3 Å². The van der Waals surface area contributed by atoms with Crippen molar-refractivity contribution in [2.45, 2.75) is 13.5 Å². The Kier molecular flexibility index (Phi) is 2.97. The van der Waals surface area contributed by atoms with Gasteiger partial charge in [0.2, 0.25) is 0 Å². The van der Waals surface area contributed by atoms with Crippen LogP contribution >= 0.6 is 0 Å². The molecule has 3 rings (SSSR count). The number of pyridine rings is 1. The second kappa shape index (κ2) is 4.78. The van der Waals surface area contributed by atoms with Crippen molar-refractivity contribution in [1.29, 1.82) is 0 Å². The molecule has 0 saturated carbocycles. The average Bonchev–Trinajstić information content (AvgIpc) is 2.82. The van der Waals surface area contributed by atoms with Crippen LogP contribution in [0.4, 0.5) is 0 Å². The Balaban J connectivity index is 2.30. The fraction of sp³-hybridized carbons (Fsp3) is 0.214. The summed E-state index contributed by atoms with van der Waals surface area (Å²) in [5.74, 6) is 0.742. The van der Waals surface area contributed by atoms with E-state index in [0.29, 0.717) is 0 Å². The highest BCUT2D eigenvalue weighted by Crippen LogP contribution is 2.27. The number of hydrogen-bond donors (Lipinski definition) is 2. The highest BCUT2D eigenvalue weighted by molar-refractivity contribution is 5.92. The van der Waals surface area contributed by atoms with Crippen LogP contribution in [0, 0.1) is 6.92 Å². The van der Waals surface area contributed by atoms with Crippen molar-refractivity contribution in [3.05, 3.63) is 42.0 Å². The zero-order valence-corrected chi connectivity index (χ0v) is 10.9. The summed E-state index contributed by atoms with van der Waals surface area (Å²) in [5.41, 5.74) is 3.76. The summed E-state index contributed by atoms with van der Waals surface area (Å²) in [7, 11) is 1.92. The molecule has 3 aromatic heterocycles. The third kappa shape index (κ3) is 2.08. The molecule has 96 valence electrons. The number of nitrogens with one attached hydrogen (secondary N) is 2. The molecule has 3 heterocycles. The van der Waals surface area contributed by atoms with Gasteiger partial charge in [0.1, 0.15) is 17.2 Å². The van der Waals surface area contributed by atoms with Crippen molar-refractivity contribution in [2.24, 2.45) is 0 Å². The number of aryl methyl sites for hydroxylation is 1. The first-order valence-electron chi connectivity index (χ1n) is 6.20. The van der Waals surface area contributed by atoms with Crippen LogP contribution in [0.5, 0.6) is 0 Å². The normalized spacial score (nSPS) is 11.1. The maximum atomic E-state index is 4.57. The van der Waals surface area contributed by atoms with Crippen LogP contribution in [-0.2, 0) is 6.54 Å². The third-order valence-corrected chi connectivity index (χ3v) is 3.00. The number of nitrogens with zero attached hydrogens (tertiary/aromatic N) is 3. The van der Waals surface area contributed by atoms with Crippen LogP contribution in [0.3, 0.4) is 0 Å². The van der Waals surface area contributed by atoms with E-state index in [1.54, 1.807) is 6.20 Å². The van der Waals surface area contributed by atoms with Crippen LogP contribution in [0.1, 0.15) is 11.4 Å². The highest BCUT2D eigenvalue weighted by Gasteiger charge is 2.14. The predicted molar refractivity (Wildman–Crippen MR) is 74.6 cm³/mol. The minimum atomic E-state index is 0.742. The first-order chi connectivity index (χ1) is 9.29. The second-order valence-corrected chi connectivity index (χ2v) is 4.40. The molecule has 0 fully saturated rings. The zero-order chi connectivity index (χ0) is 13.2. The Morgan fingerprint density at radius 3 is 2.89 bits per heavy atom. The highest BCUT2D eigenvalue weighted by atomic mass is 15.0. The minimum Gasteiger partial charge on any atom is -0.346 e. The monoisotopic (exact) mass is 253 g/mol. The number of aromatic amines is 1. The summed E-state index contributed by atoms with van der Waals surface area (Å²) < 4.78 is 0. The predicted octanol–water partition coefficient (Wildman–Crippen LogP) is 2.05. The lowest BCUT2D eigenvalue weighted by molar-refractivity contribution is 0.823. The Morgan fingerprint density at radius 2 is 2.16 bits per heavy atom. The molecular weight excluding hydrogens is 238 g/mol. The van der Waals surface area contributed by atoms with Crippen molar-refractivity contribution in [2.75, 3.05) is 7.05 Å². The van der Waals surface area contributed by atoms with Gasteiger partial charge in [0.15, 0.2) is 0 Å². The fourth-order valence-corrected chi connectivity index (χ4v) is 2.23. The van der Waals surface area contributed by atoms with Gasteiger partial charge < -0.3 is 10.3 Å². The Hall–Kier alpha value is -2.27. The molecule has 0 spiro atoms. The van der Waals surface area contributed by atoms with E-state index in [0.717, 1.165) is 40.4 Å². The van der Waals surface area contributed by atoms with Crippen LogP contribution in [0.15, 0.2) is 30.6 Å². The first-order valence-corrected chi connectivity index (χ1v) is 6.20. The summed E-state index contributed by atoms with van der Waals surface area (Å²) in [4.78, 5) is 16.6. The molecule has 0 aliphatic heterocycles.